The number of esters is 2. The number of methoxy groups -OCH3 is 2. The van der Waals surface area contributed by atoms with Crippen molar-refractivity contribution in [2.75, 3.05) is 14.2 Å². The van der Waals surface area contributed by atoms with Crippen LogP contribution in [-0.4, -0.2) is 60.8 Å². The Kier molecular flexibility index (Phi) is 18.1. The SMILES string of the molecule is C.COC(=O)C[C@@H](c1ccc(O)cc1)c1nncn1C.COC(=O)C[C@@H](c1ccc(OCc2cc(C)c3c(c2)CCCC3)cc1)c1nncn1C.Cc1cc(CCl)cc2c1CCCC2. The molecule has 8 rings (SSSR count). The number of hydrogen-bond acceptors (Lipinski definition) is 10. The molecule has 340 valence electrons. The summed E-state index contributed by atoms with van der Waals surface area (Å²) < 4.78 is 19.3. The molecule has 0 amide bonds. The smallest absolute Gasteiger partial charge is 0.306 e. The van der Waals surface area contributed by atoms with Crippen LogP contribution in [0.1, 0.15) is 125 Å². The largest absolute Gasteiger partial charge is 0.508 e. The number of alkyl halides is 1. The van der Waals surface area contributed by atoms with E-state index in [2.05, 4.69) is 58.5 Å². The third-order valence-electron chi connectivity index (χ3n) is 11.9. The Hall–Kier alpha value is -6.01. The van der Waals surface area contributed by atoms with E-state index in [-0.39, 0.29) is 49.8 Å². The van der Waals surface area contributed by atoms with Crippen LogP contribution in [0.5, 0.6) is 11.5 Å². The van der Waals surface area contributed by atoms with E-state index in [0.29, 0.717) is 18.3 Å². The van der Waals surface area contributed by atoms with Gasteiger partial charge in [0.25, 0.3) is 0 Å². The number of aromatic hydroxyl groups is 1. The minimum Gasteiger partial charge on any atom is -0.508 e. The molecule has 0 aliphatic heterocycles. The second-order valence-corrected chi connectivity index (χ2v) is 16.6. The summed E-state index contributed by atoms with van der Waals surface area (Å²) in [5.41, 5.74) is 13.3. The van der Waals surface area contributed by atoms with Gasteiger partial charge in [0, 0.05) is 20.0 Å². The Bertz CT molecular complexity index is 2450. The fourth-order valence-corrected chi connectivity index (χ4v) is 8.75. The first-order valence-corrected chi connectivity index (χ1v) is 22.1. The fraction of sp³-hybridized carbons (Fsp3) is 0.412. The zero-order valence-electron chi connectivity index (χ0n) is 37.3. The van der Waals surface area contributed by atoms with Crippen LogP contribution in [0.15, 0.2) is 85.5 Å². The van der Waals surface area contributed by atoms with Gasteiger partial charge in [-0.3, -0.25) is 9.59 Å². The van der Waals surface area contributed by atoms with Gasteiger partial charge in [0.1, 0.15) is 42.4 Å². The second kappa shape index (κ2) is 23.6. The molecule has 6 aromatic rings. The van der Waals surface area contributed by atoms with Crippen molar-refractivity contribution in [3.05, 3.63) is 153 Å². The third-order valence-corrected chi connectivity index (χ3v) is 12.3. The van der Waals surface area contributed by atoms with Crippen LogP contribution in [-0.2, 0) is 71.3 Å². The molecule has 2 aliphatic carbocycles. The maximum atomic E-state index is 12.0. The van der Waals surface area contributed by atoms with E-state index in [1.165, 1.54) is 99.0 Å². The first kappa shape index (κ1) is 49.0. The molecule has 0 bridgehead atoms. The quantitative estimate of drug-likeness (QED) is 0.0932. The van der Waals surface area contributed by atoms with Gasteiger partial charge in [-0.15, -0.1) is 32.0 Å². The Labute approximate surface area is 383 Å². The average Bonchev–Trinajstić information content (AvgIpc) is 3.94. The van der Waals surface area contributed by atoms with E-state index < -0.39 is 0 Å². The highest BCUT2D eigenvalue weighted by Crippen LogP contribution is 2.31. The summed E-state index contributed by atoms with van der Waals surface area (Å²) in [5, 5.41) is 25.4. The molecule has 4 aromatic carbocycles. The summed E-state index contributed by atoms with van der Waals surface area (Å²) >= 11 is 5.84. The number of fused-ring (bicyclic) bond motifs is 2. The topological polar surface area (TPSA) is 143 Å². The van der Waals surface area contributed by atoms with Crippen molar-refractivity contribution in [2.24, 2.45) is 14.1 Å². The van der Waals surface area contributed by atoms with Crippen molar-refractivity contribution in [3.63, 3.8) is 0 Å². The van der Waals surface area contributed by atoms with Crippen LogP contribution in [0.2, 0.25) is 0 Å². The van der Waals surface area contributed by atoms with Gasteiger partial charge in [-0.1, -0.05) is 56.0 Å². The van der Waals surface area contributed by atoms with E-state index in [1.807, 2.05) is 42.9 Å². The summed E-state index contributed by atoms with van der Waals surface area (Å²) in [6.45, 7) is 4.96. The second-order valence-electron chi connectivity index (χ2n) is 16.4. The van der Waals surface area contributed by atoms with Crippen molar-refractivity contribution in [1.29, 1.82) is 0 Å². The number of rotatable bonds is 12. The number of phenolic OH excluding ortho intramolecular Hbond substituents is 1. The predicted octanol–water partition coefficient (Wildman–Crippen LogP) is 9.74. The van der Waals surface area contributed by atoms with Crippen molar-refractivity contribution >= 4 is 23.5 Å². The van der Waals surface area contributed by atoms with Gasteiger partial charge in [-0.25, -0.2) is 0 Å². The van der Waals surface area contributed by atoms with E-state index in [9.17, 15) is 14.7 Å². The lowest BCUT2D eigenvalue weighted by Gasteiger charge is -2.20. The number of aryl methyl sites for hydroxylation is 6. The normalized spacial score (nSPS) is 13.5. The number of carbonyl (C=O) groups is 2. The molecule has 0 saturated carbocycles. The van der Waals surface area contributed by atoms with Gasteiger partial charge in [-0.05, 0) is 145 Å². The van der Waals surface area contributed by atoms with Crippen molar-refractivity contribution in [3.8, 4) is 11.5 Å². The minimum absolute atomic E-state index is 0. The Morgan fingerprint density at radius 1 is 0.672 bits per heavy atom. The molecule has 2 aromatic heterocycles. The number of nitrogens with zero attached hydrogens (tertiary/aromatic N) is 6. The number of ether oxygens (including phenoxy) is 3. The van der Waals surface area contributed by atoms with E-state index in [0.717, 1.165) is 22.7 Å². The molecule has 0 unspecified atom stereocenters. The number of aromatic nitrogens is 6. The lowest BCUT2D eigenvalue weighted by atomic mass is 9.87. The molecule has 0 spiro atoms. The Balaban J connectivity index is 0.000000198. The number of benzene rings is 4. The van der Waals surface area contributed by atoms with Crippen LogP contribution >= 0.6 is 11.6 Å². The van der Waals surface area contributed by atoms with Crippen LogP contribution < -0.4 is 4.74 Å². The van der Waals surface area contributed by atoms with Gasteiger partial charge >= 0.3 is 11.9 Å². The minimum atomic E-state index is -0.318. The maximum Gasteiger partial charge on any atom is 0.306 e. The zero-order valence-corrected chi connectivity index (χ0v) is 38.0. The predicted molar refractivity (Wildman–Crippen MR) is 250 cm³/mol. The highest BCUT2D eigenvalue weighted by atomic mass is 35.5. The van der Waals surface area contributed by atoms with Crippen molar-refractivity contribution < 1.29 is 28.9 Å². The molecule has 2 aliphatic rings. The number of carbonyl (C=O) groups excluding carboxylic acids is 2. The first-order chi connectivity index (χ1) is 30.5. The van der Waals surface area contributed by atoms with Gasteiger partial charge in [0.05, 0.1) is 38.9 Å². The molecular formula is C51H63ClN6O6. The molecule has 0 fully saturated rings. The fourth-order valence-electron chi connectivity index (χ4n) is 8.60. The number of hydrogen-bond donors (Lipinski definition) is 1. The molecule has 13 heteroatoms. The van der Waals surface area contributed by atoms with Crippen molar-refractivity contribution in [2.45, 2.75) is 110 Å². The monoisotopic (exact) mass is 890 g/mol. The molecule has 12 nitrogen and oxygen atoms in total. The molecule has 1 N–H and O–H groups in total. The van der Waals surface area contributed by atoms with Gasteiger partial charge in [-0.2, -0.15) is 0 Å². The van der Waals surface area contributed by atoms with E-state index in [1.54, 1.807) is 52.6 Å². The number of halogens is 1. The maximum absolute atomic E-state index is 12.0. The van der Waals surface area contributed by atoms with E-state index >= 15 is 0 Å². The highest BCUT2D eigenvalue weighted by Gasteiger charge is 2.25. The third kappa shape index (κ3) is 12.8. The van der Waals surface area contributed by atoms with E-state index in [4.69, 9.17) is 25.8 Å². The lowest BCUT2D eigenvalue weighted by molar-refractivity contribution is -0.141. The van der Waals surface area contributed by atoms with Crippen LogP contribution in [0, 0.1) is 13.8 Å². The molecule has 2 atom stereocenters. The van der Waals surface area contributed by atoms with Gasteiger partial charge in [0.15, 0.2) is 0 Å². The summed E-state index contributed by atoms with van der Waals surface area (Å²) in [6.07, 6.45) is 13.8. The summed E-state index contributed by atoms with van der Waals surface area (Å²) in [7, 11) is 6.44. The van der Waals surface area contributed by atoms with Crippen LogP contribution in [0.25, 0.3) is 0 Å². The average molecular weight is 892 g/mol. The highest BCUT2D eigenvalue weighted by molar-refractivity contribution is 6.17. The molecule has 64 heavy (non-hydrogen) atoms. The lowest BCUT2D eigenvalue weighted by Crippen LogP contribution is -2.14. The molecule has 0 saturated heterocycles. The standard InChI is InChI=1S/C25H29N3O3.C13H15N3O3.C12H15Cl.CH4/c1-17-12-18(13-20-6-4-5-7-22(17)20)15-31-21-10-8-19(9-11-21)23(14-24(29)30-3)25-27-26-16-28(25)2;1-16-8-14-15-13(16)11(7-12(18)19-2)9-3-5-10(17)6-4-9;1-9-6-10(8-13)7-11-4-2-3-5-12(9)11;/h8-13,16,23H,4-7,14-15H2,1-3H3;3-6,8,11,17H,7H2,1-2H3;6-7H,2-5,8H2,1H3;1H4/t23-;11-;;/m00../s1. The van der Waals surface area contributed by atoms with Crippen molar-refractivity contribution in [1.82, 2.24) is 29.5 Å². The van der Waals surface area contributed by atoms with Gasteiger partial charge < -0.3 is 28.5 Å². The molecule has 2 heterocycles. The van der Waals surface area contributed by atoms with Gasteiger partial charge in [0.2, 0.25) is 0 Å². The first-order valence-electron chi connectivity index (χ1n) is 21.6. The Morgan fingerprint density at radius 2 is 1.11 bits per heavy atom. The molecular weight excluding hydrogens is 828 g/mol. The summed E-state index contributed by atoms with van der Waals surface area (Å²) in [5.74, 6) is 1.95. The Morgan fingerprint density at radius 3 is 1.55 bits per heavy atom. The molecule has 0 radical (unpaired) electrons. The van der Waals surface area contributed by atoms with Crippen LogP contribution in [0.4, 0.5) is 0 Å². The zero-order chi connectivity index (χ0) is 44.9. The summed E-state index contributed by atoms with van der Waals surface area (Å²) in [4.78, 5) is 23.5. The summed E-state index contributed by atoms with van der Waals surface area (Å²) in [6, 6.07) is 23.6. The van der Waals surface area contributed by atoms with Crippen LogP contribution in [0.3, 0.4) is 0 Å². The number of phenols is 1.